The van der Waals surface area contributed by atoms with Crippen LogP contribution in [0.25, 0.3) is 5.95 Å². The van der Waals surface area contributed by atoms with Gasteiger partial charge in [-0.1, -0.05) is 6.07 Å². The van der Waals surface area contributed by atoms with Gasteiger partial charge in [-0.25, -0.2) is 9.97 Å². The van der Waals surface area contributed by atoms with Gasteiger partial charge in [0, 0.05) is 17.0 Å². The van der Waals surface area contributed by atoms with Crippen LogP contribution in [0.5, 0.6) is 11.5 Å². The molecule has 1 atom stereocenters. The number of hydrogen-bond acceptors (Lipinski definition) is 7. The summed E-state index contributed by atoms with van der Waals surface area (Å²) in [6.45, 7) is 8.26. The molecule has 1 amide bonds. The molecule has 0 fully saturated rings. The predicted molar refractivity (Wildman–Crippen MR) is 120 cm³/mol. The molecule has 0 saturated heterocycles. The molecule has 0 bridgehead atoms. The summed E-state index contributed by atoms with van der Waals surface area (Å²) in [5, 5.41) is 7.60. The van der Waals surface area contributed by atoms with Crippen molar-refractivity contribution in [2.24, 2.45) is 0 Å². The van der Waals surface area contributed by atoms with Gasteiger partial charge in [0.05, 0.1) is 30.4 Å². The number of amides is 1. The van der Waals surface area contributed by atoms with E-state index in [1.165, 1.54) is 0 Å². The largest absolute Gasteiger partial charge is 0.493 e. The lowest BCUT2D eigenvalue weighted by Gasteiger charge is -2.18. The number of carbonyl (C=O) groups is 1. The molecule has 4 rings (SSSR count). The Morgan fingerprint density at radius 1 is 1.16 bits per heavy atom. The SMILES string of the molecule is CCOc1ccc([C@H]2SCC(=O)Nc3c2c(C)nn3-c2nc(C)cc(C)n2)cc1OC. The molecular weight excluding hydrogens is 414 g/mol. The normalized spacial score (nSPS) is 15.8. The van der Waals surface area contributed by atoms with Gasteiger partial charge >= 0.3 is 0 Å². The first-order chi connectivity index (χ1) is 14.9. The maximum atomic E-state index is 12.6. The molecule has 0 radical (unpaired) electrons. The second-order valence-corrected chi connectivity index (χ2v) is 8.39. The van der Waals surface area contributed by atoms with Crippen molar-refractivity contribution in [2.75, 3.05) is 24.8 Å². The molecule has 2 aromatic heterocycles. The Morgan fingerprint density at radius 2 is 1.90 bits per heavy atom. The van der Waals surface area contributed by atoms with Gasteiger partial charge in [0.2, 0.25) is 5.91 Å². The standard InChI is InChI=1S/C22H25N5O3S/c1-6-30-16-8-7-15(10-17(16)29-5)20-19-14(4)26-27(21(19)25-18(28)11-31-20)22-23-12(2)9-13(3)24-22/h7-10,20H,6,11H2,1-5H3,(H,25,28)/t20-/m1/s1. The summed E-state index contributed by atoms with van der Waals surface area (Å²) >= 11 is 1.55. The van der Waals surface area contributed by atoms with Crippen LogP contribution in [0.3, 0.4) is 0 Å². The quantitative estimate of drug-likeness (QED) is 0.647. The molecule has 9 heteroatoms. The summed E-state index contributed by atoms with van der Waals surface area (Å²) in [5.41, 5.74) is 4.43. The highest BCUT2D eigenvalue weighted by Crippen LogP contribution is 2.45. The van der Waals surface area contributed by atoms with Crippen LogP contribution in [0.4, 0.5) is 5.82 Å². The smallest absolute Gasteiger partial charge is 0.252 e. The molecule has 0 aliphatic carbocycles. The summed E-state index contributed by atoms with van der Waals surface area (Å²) in [4.78, 5) is 21.6. The lowest BCUT2D eigenvalue weighted by atomic mass is 10.0. The number of nitrogens with zero attached hydrogens (tertiary/aromatic N) is 4. The fourth-order valence-electron chi connectivity index (χ4n) is 3.72. The van der Waals surface area contributed by atoms with E-state index in [0.717, 1.165) is 28.2 Å². The number of rotatable bonds is 5. The molecule has 31 heavy (non-hydrogen) atoms. The van der Waals surface area contributed by atoms with Crippen molar-refractivity contribution >= 4 is 23.5 Å². The summed E-state index contributed by atoms with van der Waals surface area (Å²) in [5.74, 6) is 2.64. The van der Waals surface area contributed by atoms with Gasteiger partial charge in [-0.15, -0.1) is 11.8 Å². The third-order valence-electron chi connectivity index (χ3n) is 4.96. The average Bonchev–Trinajstić information content (AvgIpc) is 2.93. The molecule has 0 spiro atoms. The minimum absolute atomic E-state index is 0.0859. The minimum Gasteiger partial charge on any atom is -0.493 e. The number of carbonyl (C=O) groups excluding carboxylic acids is 1. The fraction of sp³-hybridized carbons (Fsp3) is 0.364. The number of methoxy groups -OCH3 is 1. The average molecular weight is 440 g/mol. The van der Waals surface area contributed by atoms with E-state index >= 15 is 0 Å². The van der Waals surface area contributed by atoms with Gasteiger partial charge in [-0.05, 0) is 51.5 Å². The first-order valence-corrected chi connectivity index (χ1v) is 11.1. The van der Waals surface area contributed by atoms with Gasteiger partial charge < -0.3 is 14.8 Å². The van der Waals surface area contributed by atoms with Crippen LogP contribution in [0.2, 0.25) is 0 Å². The van der Waals surface area contributed by atoms with E-state index in [2.05, 4.69) is 15.3 Å². The summed E-state index contributed by atoms with van der Waals surface area (Å²) in [6, 6.07) is 7.79. The second kappa shape index (κ2) is 8.58. The number of aryl methyl sites for hydroxylation is 3. The van der Waals surface area contributed by atoms with Crippen molar-refractivity contribution in [1.29, 1.82) is 0 Å². The highest BCUT2D eigenvalue weighted by molar-refractivity contribution is 8.00. The monoisotopic (exact) mass is 439 g/mol. The number of thioether (sulfide) groups is 1. The van der Waals surface area contributed by atoms with Crippen LogP contribution in [0.15, 0.2) is 24.3 Å². The van der Waals surface area contributed by atoms with Crippen LogP contribution in [-0.4, -0.2) is 45.1 Å². The van der Waals surface area contributed by atoms with Crippen LogP contribution >= 0.6 is 11.8 Å². The number of benzene rings is 1. The summed E-state index contributed by atoms with van der Waals surface area (Å²) in [7, 11) is 1.62. The van der Waals surface area contributed by atoms with E-state index < -0.39 is 0 Å². The highest BCUT2D eigenvalue weighted by atomic mass is 32.2. The van der Waals surface area contributed by atoms with Crippen LogP contribution in [-0.2, 0) is 4.79 Å². The lowest BCUT2D eigenvalue weighted by molar-refractivity contribution is -0.113. The van der Waals surface area contributed by atoms with Crippen LogP contribution < -0.4 is 14.8 Å². The van der Waals surface area contributed by atoms with Crippen molar-refractivity contribution in [3.05, 3.63) is 52.5 Å². The predicted octanol–water partition coefficient (Wildman–Crippen LogP) is 3.77. The van der Waals surface area contributed by atoms with Gasteiger partial charge in [-0.2, -0.15) is 9.78 Å². The third kappa shape index (κ3) is 4.10. The molecule has 3 aromatic rings. The Kier molecular flexibility index (Phi) is 5.86. The third-order valence-corrected chi connectivity index (χ3v) is 6.23. The number of ether oxygens (including phenoxy) is 2. The van der Waals surface area contributed by atoms with Crippen LogP contribution in [0.1, 0.15) is 40.4 Å². The van der Waals surface area contributed by atoms with Crippen LogP contribution in [0, 0.1) is 20.8 Å². The summed E-state index contributed by atoms with van der Waals surface area (Å²) in [6.07, 6.45) is 0. The molecular formula is C22H25N5O3S. The minimum atomic E-state index is -0.113. The van der Waals surface area contributed by atoms with Gasteiger partial charge in [0.25, 0.3) is 5.95 Å². The lowest BCUT2D eigenvalue weighted by Crippen LogP contribution is -2.17. The zero-order valence-electron chi connectivity index (χ0n) is 18.2. The Hall–Kier alpha value is -3.07. The van der Waals surface area contributed by atoms with E-state index in [9.17, 15) is 4.79 Å². The molecule has 3 heterocycles. The van der Waals surface area contributed by atoms with E-state index in [1.807, 2.05) is 52.0 Å². The van der Waals surface area contributed by atoms with E-state index in [-0.39, 0.29) is 11.2 Å². The molecule has 0 unspecified atom stereocenters. The number of hydrogen-bond donors (Lipinski definition) is 1. The molecule has 0 saturated carbocycles. The zero-order valence-corrected chi connectivity index (χ0v) is 19.0. The molecule has 1 aliphatic rings. The fourth-order valence-corrected chi connectivity index (χ4v) is 4.89. The first-order valence-electron chi connectivity index (χ1n) is 10.1. The Labute approximate surface area is 185 Å². The maximum Gasteiger partial charge on any atom is 0.252 e. The molecule has 8 nitrogen and oxygen atoms in total. The van der Waals surface area contributed by atoms with Crippen molar-refractivity contribution in [2.45, 2.75) is 32.9 Å². The van der Waals surface area contributed by atoms with Crippen molar-refractivity contribution < 1.29 is 14.3 Å². The van der Waals surface area contributed by atoms with Gasteiger partial charge in [0.15, 0.2) is 11.5 Å². The highest BCUT2D eigenvalue weighted by Gasteiger charge is 2.31. The molecule has 162 valence electrons. The number of fused-ring (bicyclic) bond motifs is 1. The van der Waals surface area contributed by atoms with Gasteiger partial charge in [-0.3, -0.25) is 4.79 Å². The zero-order chi connectivity index (χ0) is 22.1. The molecule has 1 aliphatic heterocycles. The molecule has 1 N–H and O–H groups in total. The number of nitrogens with one attached hydrogen (secondary N) is 1. The van der Waals surface area contributed by atoms with Crippen molar-refractivity contribution in [3.63, 3.8) is 0 Å². The number of anilines is 1. The van der Waals surface area contributed by atoms with Crippen molar-refractivity contribution in [1.82, 2.24) is 19.7 Å². The Morgan fingerprint density at radius 3 is 2.58 bits per heavy atom. The Bertz CT molecular complexity index is 1120. The van der Waals surface area contributed by atoms with Gasteiger partial charge in [0.1, 0.15) is 5.82 Å². The van der Waals surface area contributed by atoms with E-state index in [4.69, 9.17) is 14.6 Å². The van der Waals surface area contributed by atoms with E-state index in [0.29, 0.717) is 35.6 Å². The number of aromatic nitrogens is 4. The van der Waals surface area contributed by atoms with E-state index in [1.54, 1.807) is 23.6 Å². The Balaban J connectivity index is 1.86. The summed E-state index contributed by atoms with van der Waals surface area (Å²) < 4.78 is 12.8. The topological polar surface area (TPSA) is 91.2 Å². The maximum absolute atomic E-state index is 12.6. The van der Waals surface area contributed by atoms with Crippen molar-refractivity contribution in [3.8, 4) is 17.4 Å². The molecule has 1 aromatic carbocycles. The second-order valence-electron chi connectivity index (χ2n) is 7.29. The first kappa shape index (κ1) is 21.2.